The maximum atomic E-state index is 11.9. The van der Waals surface area contributed by atoms with Crippen LogP contribution < -0.4 is 5.32 Å². The summed E-state index contributed by atoms with van der Waals surface area (Å²) in [6.45, 7) is 2.40. The molecule has 2 rings (SSSR count). The molecule has 0 unspecified atom stereocenters. The molecule has 2 N–H and O–H groups in total. The summed E-state index contributed by atoms with van der Waals surface area (Å²) in [5.74, 6) is -1.14. The molecule has 88 valence electrons. The van der Waals surface area contributed by atoms with E-state index in [4.69, 9.17) is 0 Å². The number of rotatable bonds is 3. The molecular formula is C13H13NO3. The third-order valence-corrected chi connectivity index (χ3v) is 2.65. The number of benzene rings is 1. The minimum Gasteiger partial charge on any atom is -0.506 e. The molecule has 4 heteroatoms. The second kappa shape index (κ2) is 4.41. The number of carbonyl (C=O) groups is 2. The summed E-state index contributed by atoms with van der Waals surface area (Å²) in [7, 11) is 0. The van der Waals surface area contributed by atoms with Gasteiger partial charge in [0, 0.05) is 17.7 Å². The molecule has 0 bridgehead atoms. The van der Waals surface area contributed by atoms with Gasteiger partial charge in [0.25, 0.3) is 5.91 Å². The van der Waals surface area contributed by atoms with Crippen LogP contribution in [0.4, 0.5) is 0 Å². The summed E-state index contributed by atoms with van der Waals surface area (Å²) < 4.78 is 0. The molecule has 0 saturated heterocycles. The fourth-order valence-corrected chi connectivity index (χ4v) is 1.80. The first kappa shape index (κ1) is 11.4. The summed E-state index contributed by atoms with van der Waals surface area (Å²) in [5.41, 5.74) is 0.658. The molecule has 0 radical (unpaired) electrons. The molecule has 17 heavy (non-hydrogen) atoms. The molecule has 1 aromatic rings. The van der Waals surface area contributed by atoms with Crippen LogP contribution in [0.2, 0.25) is 0 Å². The molecule has 4 nitrogen and oxygen atoms in total. The molecule has 0 aromatic heterocycles. The monoisotopic (exact) mass is 231 g/mol. The van der Waals surface area contributed by atoms with Gasteiger partial charge in [-0.3, -0.25) is 9.59 Å². The van der Waals surface area contributed by atoms with Crippen molar-refractivity contribution in [2.24, 2.45) is 0 Å². The SMILES string of the molecule is CCCNC(=O)C1=C(O)c2ccccc2C1=O. The van der Waals surface area contributed by atoms with Gasteiger partial charge in [0.15, 0.2) is 0 Å². The number of hydrogen-bond donors (Lipinski definition) is 2. The third kappa shape index (κ3) is 1.82. The first-order chi connectivity index (χ1) is 8.16. The maximum Gasteiger partial charge on any atom is 0.259 e. The topological polar surface area (TPSA) is 66.4 Å². The van der Waals surface area contributed by atoms with Crippen molar-refractivity contribution >= 4 is 17.4 Å². The highest BCUT2D eigenvalue weighted by Gasteiger charge is 2.33. The summed E-state index contributed by atoms with van der Waals surface area (Å²) >= 11 is 0. The molecule has 1 amide bonds. The van der Waals surface area contributed by atoms with Crippen molar-refractivity contribution in [1.29, 1.82) is 0 Å². The number of aliphatic hydroxyl groups is 1. The number of aliphatic hydroxyl groups excluding tert-OH is 1. The van der Waals surface area contributed by atoms with Crippen LogP contribution in [-0.2, 0) is 4.79 Å². The number of amides is 1. The van der Waals surface area contributed by atoms with E-state index in [0.29, 0.717) is 17.7 Å². The normalized spacial score (nSPS) is 13.8. The molecule has 0 aliphatic heterocycles. The van der Waals surface area contributed by atoms with Crippen LogP contribution in [0.5, 0.6) is 0 Å². The zero-order valence-corrected chi connectivity index (χ0v) is 9.49. The number of carbonyl (C=O) groups excluding carboxylic acids is 2. The van der Waals surface area contributed by atoms with Crippen molar-refractivity contribution < 1.29 is 14.7 Å². The Morgan fingerprint density at radius 3 is 2.53 bits per heavy atom. The van der Waals surface area contributed by atoms with Gasteiger partial charge in [-0.2, -0.15) is 0 Å². The number of ketones is 1. The van der Waals surface area contributed by atoms with Crippen molar-refractivity contribution in [2.45, 2.75) is 13.3 Å². The Balaban J connectivity index is 2.35. The summed E-state index contributed by atoms with van der Waals surface area (Å²) in [6.07, 6.45) is 0.779. The first-order valence-corrected chi connectivity index (χ1v) is 5.52. The largest absolute Gasteiger partial charge is 0.506 e. The Hall–Kier alpha value is -2.10. The van der Waals surface area contributed by atoms with Gasteiger partial charge < -0.3 is 10.4 Å². The predicted molar refractivity (Wildman–Crippen MR) is 63.6 cm³/mol. The van der Waals surface area contributed by atoms with E-state index in [1.165, 1.54) is 0 Å². The van der Waals surface area contributed by atoms with E-state index in [-0.39, 0.29) is 11.3 Å². The van der Waals surface area contributed by atoms with Crippen molar-refractivity contribution in [3.63, 3.8) is 0 Å². The van der Waals surface area contributed by atoms with E-state index in [1.54, 1.807) is 24.3 Å². The van der Waals surface area contributed by atoms with Gasteiger partial charge >= 0.3 is 0 Å². The molecule has 0 heterocycles. The van der Waals surface area contributed by atoms with Crippen LogP contribution in [0.1, 0.15) is 29.3 Å². The van der Waals surface area contributed by atoms with Gasteiger partial charge in [-0.25, -0.2) is 0 Å². The standard InChI is InChI=1S/C13H13NO3/c1-2-7-14-13(17)10-11(15)8-5-3-4-6-9(8)12(10)16/h3-6,15H,2,7H2,1H3,(H,14,17). The summed E-state index contributed by atoms with van der Waals surface area (Å²) in [4.78, 5) is 23.7. The smallest absolute Gasteiger partial charge is 0.259 e. The van der Waals surface area contributed by atoms with Crippen LogP contribution >= 0.6 is 0 Å². The van der Waals surface area contributed by atoms with E-state index >= 15 is 0 Å². The van der Waals surface area contributed by atoms with Gasteiger partial charge in [-0.1, -0.05) is 31.2 Å². The van der Waals surface area contributed by atoms with Gasteiger partial charge in [0.05, 0.1) is 0 Å². The lowest BCUT2D eigenvalue weighted by molar-refractivity contribution is -0.117. The molecule has 0 spiro atoms. The average Bonchev–Trinajstić information content (AvgIpc) is 2.60. The minimum atomic E-state index is -0.509. The number of Topliss-reactive ketones (excluding diaryl/α,β-unsaturated/α-hetero) is 1. The van der Waals surface area contributed by atoms with Gasteiger partial charge in [0.1, 0.15) is 11.3 Å². The van der Waals surface area contributed by atoms with E-state index in [2.05, 4.69) is 5.32 Å². The zero-order chi connectivity index (χ0) is 12.4. The lowest BCUT2D eigenvalue weighted by atomic mass is 10.1. The molecule has 1 aliphatic rings. The average molecular weight is 231 g/mol. The van der Waals surface area contributed by atoms with Crippen molar-refractivity contribution in [2.75, 3.05) is 6.54 Å². The molecule has 1 aliphatic carbocycles. The second-order valence-corrected chi connectivity index (χ2v) is 3.85. The summed E-state index contributed by atoms with van der Waals surface area (Å²) in [6, 6.07) is 6.66. The minimum absolute atomic E-state index is 0.153. The number of nitrogens with one attached hydrogen (secondary N) is 1. The van der Waals surface area contributed by atoms with Crippen LogP contribution in [0, 0.1) is 0 Å². The Morgan fingerprint density at radius 1 is 1.29 bits per heavy atom. The molecule has 0 fully saturated rings. The molecule has 0 atom stereocenters. The maximum absolute atomic E-state index is 11.9. The predicted octanol–water partition coefficient (Wildman–Crippen LogP) is 1.68. The zero-order valence-electron chi connectivity index (χ0n) is 9.49. The Bertz CT molecular complexity index is 517. The van der Waals surface area contributed by atoms with Crippen LogP contribution in [0.15, 0.2) is 29.8 Å². The Kier molecular flexibility index (Phi) is 2.95. The molecule has 0 saturated carbocycles. The van der Waals surface area contributed by atoms with Crippen LogP contribution in [0.25, 0.3) is 5.76 Å². The van der Waals surface area contributed by atoms with E-state index in [1.807, 2.05) is 6.92 Å². The number of hydrogen-bond acceptors (Lipinski definition) is 3. The van der Waals surface area contributed by atoms with Crippen molar-refractivity contribution in [3.8, 4) is 0 Å². The quantitative estimate of drug-likeness (QED) is 0.778. The van der Waals surface area contributed by atoms with Crippen LogP contribution in [0.3, 0.4) is 0 Å². The van der Waals surface area contributed by atoms with E-state index < -0.39 is 11.7 Å². The lowest BCUT2D eigenvalue weighted by Gasteiger charge is -2.03. The first-order valence-electron chi connectivity index (χ1n) is 5.52. The lowest BCUT2D eigenvalue weighted by Crippen LogP contribution is -2.28. The molecule has 1 aromatic carbocycles. The van der Waals surface area contributed by atoms with Crippen molar-refractivity contribution in [1.82, 2.24) is 5.32 Å². The fraction of sp³-hybridized carbons (Fsp3) is 0.231. The van der Waals surface area contributed by atoms with Gasteiger partial charge in [-0.15, -0.1) is 0 Å². The number of fused-ring (bicyclic) bond motifs is 1. The molecular weight excluding hydrogens is 218 g/mol. The highest BCUT2D eigenvalue weighted by Crippen LogP contribution is 2.30. The van der Waals surface area contributed by atoms with E-state index in [0.717, 1.165) is 6.42 Å². The highest BCUT2D eigenvalue weighted by molar-refractivity contribution is 6.33. The second-order valence-electron chi connectivity index (χ2n) is 3.85. The fourth-order valence-electron chi connectivity index (χ4n) is 1.80. The Morgan fingerprint density at radius 2 is 1.94 bits per heavy atom. The highest BCUT2D eigenvalue weighted by atomic mass is 16.3. The third-order valence-electron chi connectivity index (χ3n) is 2.65. The van der Waals surface area contributed by atoms with Crippen LogP contribution in [-0.4, -0.2) is 23.3 Å². The van der Waals surface area contributed by atoms with Gasteiger partial charge in [-0.05, 0) is 6.42 Å². The van der Waals surface area contributed by atoms with Crippen molar-refractivity contribution in [3.05, 3.63) is 41.0 Å². The Labute approximate surface area is 99.0 Å². The van der Waals surface area contributed by atoms with E-state index in [9.17, 15) is 14.7 Å². The van der Waals surface area contributed by atoms with Gasteiger partial charge in [0.2, 0.25) is 5.78 Å². The summed E-state index contributed by atoms with van der Waals surface area (Å²) in [5, 5.41) is 12.5.